The molecule has 1 aromatic rings. The van der Waals surface area contributed by atoms with Gasteiger partial charge >= 0.3 is 0 Å². The Hall–Kier alpha value is -0.970. The van der Waals surface area contributed by atoms with Gasteiger partial charge in [0.2, 0.25) is 0 Å². The van der Waals surface area contributed by atoms with Crippen molar-refractivity contribution in [2.45, 2.75) is 25.8 Å². The molecule has 0 aliphatic rings. The molecule has 0 aromatic carbocycles. The summed E-state index contributed by atoms with van der Waals surface area (Å²) in [4.78, 5) is 6.39. The van der Waals surface area contributed by atoms with E-state index in [4.69, 9.17) is 4.74 Å². The van der Waals surface area contributed by atoms with Gasteiger partial charge in [0.1, 0.15) is 0 Å². The number of nitrogens with zero attached hydrogens (tertiary/aromatic N) is 2. The number of methoxy groups -OCH3 is 1. The molecule has 0 saturated carbocycles. The van der Waals surface area contributed by atoms with Gasteiger partial charge < -0.3 is 15.0 Å². The van der Waals surface area contributed by atoms with Gasteiger partial charge in [-0.05, 0) is 44.1 Å². The van der Waals surface area contributed by atoms with Crippen molar-refractivity contribution in [2.75, 3.05) is 40.4 Å². The molecule has 0 amide bonds. The van der Waals surface area contributed by atoms with E-state index in [1.54, 1.807) is 7.11 Å². The Morgan fingerprint density at radius 2 is 2.11 bits per heavy atom. The molecule has 0 bridgehead atoms. The van der Waals surface area contributed by atoms with Crippen LogP contribution in [0.1, 0.15) is 18.9 Å². The number of nitrogens with one attached hydrogen (secondary N) is 1. The quantitative estimate of drug-likeness (QED) is 0.697. The van der Waals surface area contributed by atoms with Crippen molar-refractivity contribution in [3.63, 3.8) is 0 Å². The van der Waals surface area contributed by atoms with Crippen LogP contribution in [0.25, 0.3) is 0 Å². The van der Waals surface area contributed by atoms with Gasteiger partial charge in [-0.15, -0.1) is 0 Å². The number of pyridine rings is 1. The fraction of sp³-hybridized carbons (Fsp3) is 0.667. The Morgan fingerprint density at radius 1 is 1.37 bits per heavy atom. The molecule has 108 valence electrons. The Morgan fingerprint density at radius 3 is 2.74 bits per heavy atom. The van der Waals surface area contributed by atoms with Gasteiger partial charge in [0.05, 0.1) is 6.61 Å². The average Bonchev–Trinajstić information content (AvgIpc) is 2.44. The Balaban J connectivity index is 2.29. The summed E-state index contributed by atoms with van der Waals surface area (Å²) in [5.74, 6) is 0. The number of likely N-dealkylation sites (N-methyl/N-ethyl adjacent to an activating group) is 1. The minimum atomic E-state index is 0.410. The third kappa shape index (κ3) is 7.25. The highest BCUT2D eigenvalue weighted by Gasteiger charge is 2.10. The third-order valence-corrected chi connectivity index (χ3v) is 3.11. The van der Waals surface area contributed by atoms with Crippen molar-refractivity contribution < 1.29 is 4.74 Å². The smallest absolute Gasteiger partial charge is 0.0628 e. The average molecular weight is 265 g/mol. The second kappa shape index (κ2) is 9.89. The van der Waals surface area contributed by atoms with Crippen molar-refractivity contribution in [1.29, 1.82) is 0 Å². The molecule has 4 heteroatoms. The number of hydrogen-bond acceptors (Lipinski definition) is 4. The van der Waals surface area contributed by atoms with Gasteiger partial charge in [0, 0.05) is 38.6 Å². The van der Waals surface area contributed by atoms with Crippen molar-refractivity contribution in [3.05, 3.63) is 30.1 Å². The van der Waals surface area contributed by atoms with Crippen LogP contribution in [0.3, 0.4) is 0 Å². The van der Waals surface area contributed by atoms with Crippen molar-refractivity contribution >= 4 is 0 Å². The highest BCUT2D eigenvalue weighted by molar-refractivity contribution is 5.09. The molecule has 1 N–H and O–H groups in total. The zero-order valence-electron chi connectivity index (χ0n) is 12.4. The predicted octanol–water partition coefficient (Wildman–Crippen LogP) is 1.57. The van der Waals surface area contributed by atoms with E-state index in [9.17, 15) is 0 Å². The lowest BCUT2D eigenvalue weighted by molar-refractivity contribution is 0.146. The standard InChI is InChI=1S/C15H27N3O/c1-4-8-17-15(13-19-3)12-18(2)11-7-14-5-9-16-10-6-14/h5-6,9-10,15,17H,4,7-8,11-13H2,1-3H3. The zero-order valence-corrected chi connectivity index (χ0v) is 12.4. The van der Waals surface area contributed by atoms with E-state index in [0.29, 0.717) is 6.04 Å². The molecule has 1 atom stereocenters. The summed E-state index contributed by atoms with van der Waals surface area (Å²) in [6.07, 6.45) is 5.92. The van der Waals surface area contributed by atoms with Crippen LogP contribution in [0.5, 0.6) is 0 Å². The SMILES string of the molecule is CCCNC(COC)CN(C)CCc1ccncc1. The van der Waals surface area contributed by atoms with Crippen LogP contribution in [0.15, 0.2) is 24.5 Å². The minimum Gasteiger partial charge on any atom is -0.383 e. The summed E-state index contributed by atoms with van der Waals surface area (Å²) < 4.78 is 5.27. The topological polar surface area (TPSA) is 37.4 Å². The number of hydrogen-bond donors (Lipinski definition) is 1. The summed E-state index contributed by atoms with van der Waals surface area (Å²) in [6.45, 7) is 6.06. The largest absolute Gasteiger partial charge is 0.383 e. The van der Waals surface area contributed by atoms with Crippen LogP contribution in [-0.2, 0) is 11.2 Å². The first kappa shape index (κ1) is 16.1. The predicted molar refractivity (Wildman–Crippen MR) is 79.4 cm³/mol. The summed E-state index contributed by atoms with van der Waals surface area (Å²) >= 11 is 0. The Labute approximate surface area is 117 Å². The molecule has 1 aromatic heterocycles. The van der Waals surface area contributed by atoms with Gasteiger partial charge in [-0.3, -0.25) is 4.98 Å². The molecule has 19 heavy (non-hydrogen) atoms. The Bertz CT molecular complexity index is 318. The van der Waals surface area contributed by atoms with Crippen LogP contribution in [0.4, 0.5) is 0 Å². The van der Waals surface area contributed by atoms with Crippen LogP contribution in [0.2, 0.25) is 0 Å². The molecule has 1 rings (SSSR count). The molecule has 4 nitrogen and oxygen atoms in total. The number of aromatic nitrogens is 1. The van der Waals surface area contributed by atoms with Crippen LogP contribution in [-0.4, -0.2) is 56.3 Å². The van der Waals surface area contributed by atoms with Crippen molar-refractivity contribution in [2.24, 2.45) is 0 Å². The summed E-state index contributed by atoms with van der Waals surface area (Å²) in [7, 11) is 3.93. The maximum absolute atomic E-state index is 5.27. The molecule has 0 aliphatic heterocycles. The fourth-order valence-corrected chi connectivity index (χ4v) is 2.06. The first-order valence-corrected chi connectivity index (χ1v) is 7.06. The maximum atomic E-state index is 5.27. The molecule has 0 spiro atoms. The summed E-state index contributed by atoms with van der Waals surface area (Å²) in [6, 6.07) is 4.57. The molecular weight excluding hydrogens is 238 g/mol. The molecule has 0 saturated heterocycles. The van der Waals surface area contributed by atoms with Gasteiger partial charge in [0.15, 0.2) is 0 Å². The van der Waals surface area contributed by atoms with E-state index in [1.807, 2.05) is 12.4 Å². The van der Waals surface area contributed by atoms with Gasteiger partial charge in [-0.2, -0.15) is 0 Å². The highest BCUT2D eigenvalue weighted by Crippen LogP contribution is 2.00. The lowest BCUT2D eigenvalue weighted by Crippen LogP contribution is -2.43. The van der Waals surface area contributed by atoms with Gasteiger partial charge in [0.25, 0.3) is 0 Å². The Kier molecular flexibility index (Phi) is 8.38. The fourth-order valence-electron chi connectivity index (χ4n) is 2.06. The molecule has 1 unspecified atom stereocenters. The van der Waals surface area contributed by atoms with Crippen molar-refractivity contribution in [3.8, 4) is 0 Å². The van der Waals surface area contributed by atoms with Crippen molar-refractivity contribution in [1.82, 2.24) is 15.2 Å². The van der Waals surface area contributed by atoms with Crippen LogP contribution < -0.4 is 5.32 Å². The van der Waals surface area contributed by atoms with E-state index in [2.05, 4.69) is 41.3 Å². The van der Waals surface area contributed by atoms with E-state index >= 15 is 0 Å². The first-order valence-electron chi connectivity index (χ1n) is 7.06. The summed E-state index contributed by atoms with van der Waals surface area (Å²) in [5.41, 5.74) is 1.34. The normalized spacial score (nSPS) is 12.8. The highest BCUT2D eigenvalue weighted by atomic mass is 16.5. The zero-order chi connectivity index (χ0) is 13.9. The van der Waals surface area contributed by atoms with Gasteiger partial charge in [-0.25, -0.2) is 0 Å². The van der Waals surface area contributed by atoms with E-state index in [-0.39, 0.29) is 0 Å². The van der Waals surface area contributed by atoms with Crippen LogP contribution >= 0.6 is 0 Å². The molecule has 1 heterocycles. The van der Waals surface area contributed by atoms with Gasteiger partial charge in [-0.1, -0.05) is 6.92 Å². The second-order valence-corrected chi connectivity index (χ2v) is 4.97. The summed E-state index contributed by atoms with van der Waals surface area (Å²) in [5, 5.41) is 3.52. The number of ether oxygens (including phenoxy) is 1. The molecule has 0 fully saturated rings. The van der Waals surface area contributed by atoms with Crippen LogP contribution in [0, 0.1) is 0 Å². The van der Waals surface area contributed by atoms with E-state index in [0.717, 1.165) is 39.1 Å². The maximum Gasteiger partial charge on any atom is 0.0628 e. The molecule has 0 radical (unpaired) electrons. The first-order chi connectivity index (χ1) is 9.26. The third-order valence-electron chi connectivity index (χ3n) is 3.11. The molecule has 0 aliphatic carbocycles. The monoisotopic (exact) mass is 265 g/mol. The second-order valence-electron chi connectivity index (χ2n) is 4.97. The minimum absolute atomic E-state index is 0.410. The lowest BCUT2D eigenvalue weighted by atomic mass is 10.2. The lowest BCUT2D eigenvalue weighted by Gasteiger charge is -2.24. The van der Waals surface area contributed by atoms with E-state index < -0.39 is 0 Å². The number of rotatable bonds is 10. The molecular formula is C15H27N3O. The van der Waals surface area contributed by atoms with E-state index in [1.165, 1.54) is 5.56 Å².